The summed E-state index contributed by atoms with van der Waals surface area (Å²) in [6.45, 7) is 6.20. The van der Waals surface area contributed by atoms with Crippen molar-refractivity contribution >= 4 is 0 Å². The number of aliphatic hydroxyl groups is 1. The summed E-state index contributed by atoms with van der Waals surface area (Å²) >= 11 is 0. The highest BCUT2D eigenvalue weighted by atomic mass is 16.2. The summed E-state index contributed by atoms with van der Waals surface area (Å²) in [5.41, 5.74) is 2.97. The van der Waals surface area contributed by atoms with Crippen molar-refractivity contribution in [2.75, 3.05) is 26.2 Å². The quantitative estimate of drug-likeness (QED) is 0.781. The topological polar surface area (TPSA) is 23.5 Å². The number of benzene rings is 1. The molecule has 1 aliphatic rings. The van der Waals surface area contributed by atoms with E-state index in [1.54, 1.807) is 0 Å². The van der Waals surface area contributed by atoms with Crippen LogP contribution in [0.4, 0.5) is 0 Å². The van der Waals surface area contributed by atoms with Crippen molar-refractivity contribution in [1.82, 2.24) is 4.90 Å². The van der Waals surface area contributed by atoms with Crippen LogP contribution in [0, 0.1) is 6.92 Å². The van der Waals surface area contributed by atoms with Crippen LogP contribution < -0.4 is 0 Å². The van der Waals surface area contributed by atoms with Crippen molar-refractivity contribution in [2.45, 2.75) is 38.5 Å². The molecule has 1 aromatic rings. The van der Waals surface area contributed by atoms with Crippen molar-refractivity contribution in [1.29, 1.82) is 0 Å². The van der Waals surface area contributed by atoms with Gasteiger partial charge in [-0.05, 0) is 62.7 Å². The Morgan fingerprint density at radius 2 is 2.06 bits per heavy atom. The van der Waals surface area contributed by atoms with Crippen molar-refractivity contribution in [3.8, 4) is 0 Å². The second-order valence-corrected chi connectivity index (χ2v) is 5.43. The molecule has 1 fully saturated rings. The number of hydrogen-bond donors (Lipinski definition) is 1. The van der Waals surface area contributed by atoms with Gasteiger partial charge < -0.3 is 10.0 Å². The number of unbranched alkanes of at least 4 members (excludes halogenated alkanes) is 2. The van der Waals surface area contributed by atoms with Gasteiger partial charge in [-0.1, -0.05) is 24.3 Å². The van der Waals surface area contributed by atoms with Gasteiger partial charge in [-0.3, -0.25) is 0 Å². The normalized spacial score (nSPS) is 20.4. The van der Waals surface area contributed by atoms with E-state index in [1.165, 1.54) is 43.6 Å². The predicted octanol–water partition coefficient (Wildman–Crippen LogP) is 2.95. The van der Waals surface area contributed by atoms with Gasteiger partial charge >= 0.3 is 0 Å². The Morgan fingerprint density at radius 1 is 1.22 bits per heavy atom. The van der Waals surface area contributed by atoms with Crippen LogP contribution in [0.5, 0.6) is 0 Å². The molecule has 0 saturated carbocycles. The second kappa shape index (κ2) is 6.91. The van der Waals surface area contributed by atoms with Crippen molar-refractivity contribution in [3.05, 3.63) is 35.4 Å². The zero-order valence-electron chi connectivity index (χ0n) is 11.4. The Balaban J connectivity index is 1.80. The molecular weight excluding hydrogens is 222 g/mol. The van der Waals surface area contributed by atoms with Gasteiger partial charge in [0.15, 0.2) is 0 Å². The highest BCUT2D eigenvalue weighted by Gasteiger charge is 2.23. The largest absolute Gasteiger partial charge is 0.396 e. The highest BCUT2D eigenvalue weighted by Crippen LogP contribution is 2.29. The fourth-order valence-electron chi connectivity index (χ4n) is 2.96. The van der Waals surface area contributed by atoms with Gasteiger partial charge in [0.05, 0.1) is 0 Å². The van der Waals surface area contributed by atoms with Gasteiger partial charge in [0.1, 0.15) is 0 Å². The molecule has 0 radical (unpaired) electrons. The van der Waals surface area contributed by atoms with Crippen LogP contribution in [0.25, 0.3) is 0 Å². The van der Waals surface area contributed by atoms with Gasteiger partial charge in [0, 0.05) is 13.2 Å². The van der Waals surface area contributed by atoms with E-state index in [9.17, 15) is 0 Å². The zero-order chi connectivity index (χ0) is 12.8. The molecule has 1 N–H and O–H groups in total. The molecule has 2 nitrogen and oxygen atoms in total. The first-order valence-corrected chi connectivity index (χ1v) is 7.20. The molecule has 0 aromatic heterocycles. The van der Waals surface area contributed by atoms with E-state index in [1.807, 2.05) is 0 Å². The average molecular weight is 247 g/mol. The standard InChI is InChI=1S/C16H25NO/c1-14-7-3-4-8-16(14)15-9-11-17(13-15)10-5-2-6-12-18/h3-4,7-8,15,18H,2,5-6,9-13H2,1H3/t15-/m0/s1. The third-order valence-corrected chi connectivity index (χ3v) is 4.03. The lowest BCUT2D eigenvalue weighted by molar-refractivity contribution is 0.272. The molecule has 0 aliphatic carbocycles. The number of nitrogens with zero attached hydrogens (tertiary/aromatic N) is 1. The minimum absolute atomic E-state index is 0.339. The van der Waals surface area contributed by atoms with E-state index in [4.69, 9.17) is 5.11 Å². The Morgan fingerprint density at radius 3 is 2.83 bits per heavy atom. The fourth-order valence-corrected chi connectivity index (χ4v) is 2.96. The van der Waals surface area contributed by atoms with Gasteiger partial charge in [-0.25, -0.2) is 0 Å². The molecule has 2 rings (SSSR count). The van der Waals surface area contributed by atoms with Crippen LogP contribution in [-0.4, -0.2) is 36.2 Å². The fraction of sp³-hybridized carbons (Fsp3) is 0.625. The van der Waals surface area contributed by atoms with Crippen molar-refractivity contribution in [3.63, 3.8) is 0 Å². The smallest absolute Gasteiger partial charge is 0.0431 e. The maximum absolute atomic E-state index is 8.77. The third kappa shape index (κ3) is 3.56. The zero-order valence-corrected chi connectivity index (χ0v) is 11.4. The summed E-state index contributed by atoms with van der Waals surface area (Å²) in [6, 6.07) is 8.79. The number of hydrogen-bond acceptors (Lipinski definition) is 2. The van der Waals surface area contributed by atoms with E-state index in [2.05, 4.69) is 36.1 Å². The van der Waals surface area contributed by atoms with Crippen molar-refractivity contribution < 1.29 is 5.11 Å². The number of rotatable bonds is 6. The molecule has 1 aromatic carbocycles. The summed E-state index contributed by atoms with van der Waals surface area (Å²) in [5.74, 6) is 0.726. The monoisotopic (exact) mass is 247 g/mol. The van der Waals surface area contributed by atoms with Crippen LogP contribution in [0.3, 0.4) is 0 Å². The van der Waals surface area contributed by atoms with E-state index >= 15 is 0 Å². The minimum atomic E-state index is 0.339. The van der Waals surface area contributed by atoms with Gasteiger partial charge in [0.2, 0.25) is 0 Å². The summed E-state index contributed by atoms with van der Waals surface area (Å²) < 4.78 is 0. The predicted molar refractivity (Wildman–Crippen MR) is 75.9 cm³/mol. The van der Waals surface area contributed by atoms with E-state index in [0.29, 0.717) is 6.61 Å². The van der Waals surface area contributed by atoms with Crippen LogP contribution in [0.1, 0.15) is 42.7 Å². The molecule has 18 heavy (non-hydrogen) atoms. The molecule has 1 heterocycles. The third-order valence-electron chi connectivity index (χ3n) is 4.03. The summed E-state index contributed by atoms with van der Waals surface area (Å²) in [6.07, 6.45) is 4.63. The molecule has 0 bridgehead atoms. The molecule has 100 valence electrons. The Kier molecular flexibility index (Phi) is 5.21. The Hall–Kier alpha value is -0.860. The van der Waals surface area contributed by atoms with E-state index < -0.39 is 0 Å². The average Bonchev–Trinajstić information content (AvgIpc) is 2.84. The highest BCUT2D eigenvalue weighted by molar-refractivity contribution is 5.30. The molecule has 1 saturated heterocycles. The number of aryl methyl sites for hydroxylation is 1. The van der Waals surface area contributed by atoms with Gasteiger partial charge in [-0.2, -0.15) is 0 Å². The minimum Gasteiger partial charge on any atom is -0.396 e. The van der Waals surface area contributed by atoms with Crippen LogP contribution in [0.2, 0.25) is 0 Å². The number of aliphatic hydroxyl groups excluding tert-OH is 1. The summed E-state index contributed by atoms with van der Waals surface area (Å²) in [4.78, 5) is 2.58. The molecule has 0 unspecified atom stereocenters. The summed E-state index contributed by atoms with van der Waals surface area (Å²) in [5, 5.41) is 8.77. The lowest BCUT2D eigenvalue weighted by Crippen LogP contribution is -2.21. The first kappa shape index (κ1) is 13.6. The van der Waals surface area contributed by atoms with Crippen molar-refractivity contribution in [2.24, 2.45) is 0 Å². The molecule has 0 amide bonds. The number of likely N-dealkylation sites (tertiary alicyclic amines) is 1. The maximum Gasteiger partial charge on any atom is 0.0431 e. The SMILES string of the molecule is Cc1ccccc1[C@H]1CCN(CCCCCO)C1. The van der Waals surface area contributed by atoms with E-state index in [0.717, 1.165) is 18.8 Å². The second-order valence-electron chi connectivity index (χ2n) is 5.43. The first-order valence-electron chi connectivity index (χ1n) is 7.20. The summed E-state index contributed by atoms with van der Waals surface area (Å²) in [7, 11) is 0. The molecule has 1 aliphatic heterocycles. The molecule has 1 atom stereocenters. The Labute approximate surface area is 111 Å². The molecular formula is C16H25NO. The van der Waals surface area contributed by atoms with Crippen LogP contribution >= 0.6 is 0 Å². The maximum atomic E-state index is 8.77. The van der Waals surface area contributed by atoms with Crippen LogP contribution in [0.15, 0.2) is 24.3 Å². The van der Waals surface area contributed by atoms with Gasteiger partial charge in [-0.15, -0.1) is 0 Å². The molecule has 2 heteroatoms. The van der Waals surface area contributed by atoms with E-state index in [-0.39, 0.29) is 0 Å². The molecule has 0 spiro atoms. The first-order chi connectivity index (χ1) is 8.81. The lowest BCUT2D eigenvalue weighted by Gasteiger charge is -2.17. The Bertz CT molecular complexity index is 364. The van der Waals surface area contributed by atoms with Crippen LogP contribution in [-0.2, 0) is 0 Å². The van der Waals surface area contributed by atoms with Gasteiger partial charge in [0.25, 0.3) is 0 Å². The lowest BCUT2D eigenvalue weighted by atomic mass is 9.94.